The Balaban J connectivity index is 3.04. The zero-order valence-corrected chi connectivity index (χ0v) is 8.44. The third-order valence-corrected chi connectivity index (χ3v) is 3.10. The highest BCUT2D eigenvalue weighted by Gasteiger charge is 1.95. The highest BCUT2D eigenvalue weighted by Crippen LogP contribution is 2.23. The Morgan fingerprint density at radius 2 is 1.90 bits per heavy atom. The topological polar surface area (TPSA) is 26.0 Å². The Morgan fingerprint density at radius 1 is 1.20 bits per heavy atom. The van der Waals surface area contributed by atoms with Crippen LogP contribution in [0, 0.1) is 0 Å². The molecule has 1 rings (SSSR count). The van der Waals surface area contributed by atoms with Crippen LogP contribution < -0.4 is 5.73 Å². The molecule has 0 aliphatic carbocycles. The van der Waals surface area contributed by atoms with Crippen molar-refractivity contribution in [2.75, 3.05) is 0 Å². The first-order chi connectivity index (χ1) is 4.74. The predicted molar refractivity (Wildman–Crippen MR) is 49.7 cm³/mol. The minimum Gasteiger partial charge on any atom is -0.326 e. The third kappa shape index (κ3) is 1.81. The standard InChI is InChI=1S/C7H7Br2N/c8-6-2-1-5(4-10)3-7(6)9/h1-3H,4,10H2. The summed E-state index contributed by atoms with van der Waals surface area (Å²) in [6, 6.07) is 5.98. The molecule has 1 aromatic carbocycles. The second-order valence-electron chi connectivity index (χ2n) is 1.95. The van der Waals surface area contributed by atoms with E-state index in [1.165, 1.54) is 0 Å². The minimum atomic E-state index is 0.589. The molecule has 0 amide bonds. The van der Waals surface area contributed by atoms with Crippen molar-refractivity contribution in [2.24, 2.45) is 5.73 Å². The first-order valence-electron chi connectivity index (χ1n) is 2.88. The maximum Gasteiger partial charge on any atom is 0.0320 e. The molecule has 0 saturated heterocycles. The van der Waals surface area contributed by atoms with Crippen LogP contribution in [0.15, 0.2) is 27.1 Å². The first kappa shape index (κ1) is 8.24. The van der Waals surface area contributed by atoms with Gasteiger partial charge in [0.25, 0.3) is 0 Å². The van der Waals surface area contributed by atoms with E-state index >= 15 is 0 Å². The summed E-state index contributed by atoms with van der Waals surface area (Å²) in [4.78, 5) is 0. The van der Waals surface area contributed by atoms with Crippen LogP contribution in [0.5, 0.6) is 0 Å². The lowest BCUT2D eigenvalue weighted by Gasteiger charge is -1.98. The monoisotopic (exact) mass is 263 g/mol. The van der Waals surface area contributed by atoms with Gasteiger partial charge in [0.2, 0.25) is 0 Å². The smallest absolute Gasteiger partial charge is 0.0320 e. The number of rotatable bonds is 1. The van der Waals surface area contributed by atoms with E-state index in [-0.39, 0.29) is 0 Å². The van der Waals surface area contributed by atoms with Gasteiger partial charge in [0.05, 0.1) is 0 Å². The average Bonchev–Trinajstić information content (AvgIpc) is 1.95. The summed E-state index contributed by atoms with van der Waals surface area (Å²) in [5.74, 6) is 0. The fraction of sp³-hybridized carbons (Fsp3) is 0.143. The molecule has 0 aromatic heterocycles. The van der Waals surface area contributed by atoms with E-state index < -0.39 is 0 Å². The van der Waals surface area contributed by atoms with Crippen molar-refractivity contribution in [3.63, 3.8) is 0 Å². The molecule has 1 nitrogen and oxygen atoms in total. The number of hydrogen-bond donors (Lipinski definition) is 1. The van der Waals surface area contributed by atoms with Crippen LogP contribution in [-0.4, -0.2) is 0 Å². The van der Waals surface area contributed by atoms with Crippen molar-refractivity contribution in [3.8, 4) is 0 Å². The lowest BCUT2D eigenvalue weighted by molar-refractivity contribution is 1.07. The van der Waals surface area contributed by atoms with Gasteiger partial charge in [-0.3, -0.25) is 0 Å². The normalized spacial score (nSPS) is 9.90. The van der Waals surface area contributed by atoms with Crippen LogP contribution in [-0.2, 0) is 6.54 Å². The van der Waals surface area contributed by atoms with Crippen LogP contribution in [0.4, 0.5) is 0 Å². The molecule has 0 unspecified atom stereocenters. The second kappa shape index (κ2) is 3.51. The van der Waals surface area contributed by atoms with Gasteiger partial charge in [-0.05, 0) is 49.6 Å². The summed E-state index contributed by atoms with van der Waals surface area (Å²) >= 11 is 6.76. The number of hydrogen-bond acceptors (Lipinski definition) is 1. The van der Waals surface area contributed by atoms with Crippen molar-refractivity contribution in [2.45, 2.75) is 6.54 Å². The summed E-state index contributed by atoms with van der Waals surface area (Å²) < 4.78 is 2.11. The molecule has 0 heterocycles. The molecule has 0 aliphatic rings. The maximum absolute atomic E-state index is 5.43. The summed E-state index contributed by atoms with van der Waals surface area (Å²) in [5, 5.41) is 0. The van der Waals surface area contributed by atoms with E-state index in [0.29, 0.717) is 6.54 Å². The van der Waals surface area contributed by atoms with E-state index in [9.17, 15) is 0 Å². The minimum absolute atomic E-state index is 0.589. The number of benzene rings is 1. The fourth-order valence-electron chi connectivity index (χ4n) is 0.667. The Hall–Kier alpha value is 0.140. The SMILES string of the molecule is NCc1ccc(Br)c(Br)c1. The molecule has 0 saturated carbocycles. The van der Waals surface area contributed by atoms with Gasteiger partial charge < -0.3 is 5.73 Å². The van der Waals surface area contributed by atoms with E-state index in [2.05, 4.69) is 31.9 Å². The van der Waals surface area contributed by atoms with Gasteiger partial charge in [-0.1, -0.05) is 6.07 Å². The lowest BCUT2D eigenvalue weighted by Crippen LogP contribution is -1.95. The molecule has 2 N–H and O–H groups in total. The van der Waals surface area contributed by atoms with E-state index in [4.69, 9.17) is 5.73 Å². The van der Waals surface area contributed by atoms with Crippen molar-refractivity contribution < 1.29 is 0 Å². The Bertz CT molecular complexity index is 235. The van der Waals surface area contributed by atoms with Gasteiger partial charge in [-0.2, -0.15) is 0 Å². The van der Waals surface area contributed by atoms with Gasteiger partial charge in [-0.25, -0.2) is 0 Å². The quantitative estimate of drug-likeness (QED) is 0.829. The average molecular weight is 265 g/mol. The molecule has 0 bridgehead atoms. The van der Waals surface area contributed by atoms with Gasteiger partial charge >= 0.3 is 0 Å². The molecule has 54 valence electrons. The van der Waals surface area contributed by atoms with Crippen molar-refractivity contribution in [1.29, 1.82) is 0 Å². The molecular weight excluding hydrogens is 258 g/mol. The second-order valence-corrected chi connectivity index (χ2v) is 3.66. The van der Waals surface area contributed by atoms with Crippen LogP contribution >= 0.6 is 31.9 Å². The van der Waals surface area contributed by atoms with Crippen molar-refractivity contribution in [1.82, 2.24) is 0 Å². The van der Waals surface area contributed by atoms with E-state index in [1.807, 2.05) is 18.2 Å². The molecule has 0 fully saturated rings. The zero-order chi connectivity index (χ0) is 7.56. The van der Waals surface area contributed by atoms with Crippen LogP contribution in [0.25, 0.3) is 0 Å². The zero-order valence-electron chi connectivity index (χ0n) is 5.27. The highest BCUT2D eigenvalue weighted by molar-refractivity contribution is 9.13. The summed E-state index contributed by atoms with van der Waals surface area (Å²) in [5.41, 5.74) is 6.57. The van der Waals surface area contributed by atoms with E-state index in [1.54, 1.807) is 0 Å². The molecule has 1 aromatic rings. The van der Waals surface area contributed by atoms with Crippen molar-refractivity contribution >= 4 is 31.9 Å². The highest BCUT2D eigenvalue weighted by atomic mass is 79.9. The molecule has 0 aliphatic heterocycles. The number of halogens is 2. The largest absolute Gasteiger partial charge is 0.326 e. The molecule has 0 spiro atoms. The lowest BCUT2D eigenvalue weighted by atomic mass is 10.2. The Kier molecular flexibility index (Phi) is 2.89. The van der Waals surface area contributed by atoms with Crippen LogP contribution in [0.2, 0.25) is 0 Å². The fourth-order valence-corrected chi connectivity index (χ4v) is 1.34. The van der Waals surface area contributed by atoms with Crippen LogP contribution in [0.1, 0.15) is 5.56 Å². The predicted octanol–water partition coefficient (Wildman–Crippen LogP) is 2.67. The molecule has 10 heavy (non-hydrogen) atoms. The van der Waals surface area contributed by atoms with Gasteiger partial charge in [0, 0.05) is 15.5 Å². The first-order valence-corrected chi connectivity index (χ1v) is 4.46. The number of nitrogens with two attached hydrogens (primary N) is 1. The molecule has 0 atom stereocenters. The molecule has 0 radical (unpaired) electrons. The maximum atomic E-state index is 5.43. The Morgan fingerprint density at radius 3 is 2.40 bits per heavy atom. The van der Waals surface area contributed by atoms with Gasteiger partial charge in [0.15, 0.2) is 0 Å². The van der Waals surface area contributed by atoms with Gasteiger partial charge in [-0.15, -0.1) is 0 Å². The van der Waals surface area contributed by atoms with Crippen LogP contribution in [0.3, 0.4) is 0 Å². The molecular formula is C7H7Br2N. The van der Waals surface area contributed by atoms with Crippen molar-refractivity contribution in [3.05, 3.63) is 32.7 Å². The summed E-state index contributed by atoms with van der Waals surface area (Å²) in [6.07, 6.45) is 0. The summed E-state index contributed by atoms with van der Waals surface area (Å²) in [7, 11) is 0. The van der Waals surface area contributed by atoms with E-state index in [0.717, 1.165) is 14.5 Å². The third-order valence-electron chi connectivity index (χ3n) is 1.22. The molecule has 3 heteroatoms. The van der Waals surface area contributed by atoms with Gasteiger partial charge in [0.1, 0.15) is 0 Å². The summed E-state index contributed by atoms with van der Waals surface area (Å²) in [6.45, 7) is 0.589. The Labute approximate surface area is 76.9 Å².